The van der Waals surface area contributed by atoms with Crippen molar-refractivity contribution in [3.05, 3.63) is 59.4 Å². The van der Waals surface area contributed by atoms with Gasteiger partial charge in [0, 0.05) is 30.6 Å². The highest BCUT2D eigenvalue weighted by Gasteiger charge is 2.14. The molecule has 7 heteroatoms. The van der Waals surface area contributed by atoms with Crippen LogP contribution in [0.4, 0.5) is 0 Å². The summed E-state index contributed by atoms with van der Waals surface area (Å²) in [5.41, 5.74) is 1.01. The van der Waals surface area contributed by atoms with Crippen LogP contribution < -0.4 is 10.9 Å². The lowest BCUT2D eigenvalue weighted by Crippen LogP contribution is -2.24. The Bertz CT molecular complexity index is 993. The molecule has 2 heterocycles. The van der Waals surface area contributed by atoms with Gasteiger partial charge in [0.05, 0.1) is 5.39 Å². The lowest BCUT2D eigenvalue weighted by atomic mass is 10.2. The second kappa shape index (κ2) is 8.33. The molecule has 0 unspecified atom stereocenters. The van der Waals surface area contributed by atoms with Crippen LogP contribution in [0.25, 0.3) is 20.7 Å². The highest BCUT2D eigenvalue weighted by atomic mass is 32.2. The number of thiophene rings is 1. The van der Waals surface area contributed by atoms with Crippen molar-refractivity contribution in [3.63, 3.8) is 0 Å². The van der Waals surface area contributed by atoms with Crippen LogP contribution in [0, 0.1) is 0 Å². The van der Waals surface area contributed by atoms with Crippen molar-refractivity contribution in [1.82, 2.24) is 14.9 Å². The zero-order valence-corrected chi connectivity index (χ0v) is 16.0. The molecule has 0 spiro atoms. The van der Waals surface area contributed by atoms with Crippen molar-refractivity contribution in [2.45, 2.75) is 18.6 Å². The molecule has 3 rings (SSSR count). The van der Waals surface area contributed by atoms with Crippen LogP contribution in [0.1, 0.15) is 6.92 Å². The van der Waals surface area contributed by atoms with Gasteiger partial charge < -0.3 is 5.32 Å². The zero-order valence-electron chi connectivity index (χ0n) is 14.4. The number of fused-ring (bicyclic) bond motifs is 1. The summed E-state index contributed by atoms with van der Waals surface area (Å²) >= 11 is 2.98. The number of rotatable bonds is 7. The molecule has 0 fully saturated rings. The molecule has 0 atom stereocenters. The maximum atomic E-state index is 12.9. The van der Waals surface area contributed by atoms with Gasteiger partial charge >= 0.3 is 0 Å². The molecule has 0 aliphatic rings. The number of aromatic nitrogens is 2. The molecule has 5 nitrogen and oxygen atoms in total. The molecule has 0 saturated carbocycles. The number of carbonyl (C=O) groups is 1. The zero-order chi connectivity index (χ0) is 18.5. The summed E-state index contributed by atoms with van der Waals surface area (Å²) in [6.07, 6.45) is 1.69. The van der Waals surface area contributed by atoms with E-state index in [1.54, 1.807) is 10.6 Å². The van der Waals surface area contributed by atoms with Crippen LogP contribution in [-0.2, 0) is 11.3 Å². The van der Waals surface area contributed by atoms with Gasteiger partial charge in [-0.25, -0.2) is 4.98 Å². The van der Waals surface area contributed by atoms with Gasteiger partial charge in [-0.3, -0.25) is 14.2 Å². The minimum absolute atomic E-state index is 0.0599. The van der Waals surface area contributed by atoms with E-state index in [2.05, 4.69) is 11.9 Å². The average Bonchev–Trinajstić information content (AvgIpc) is 3.07. The first kappa shape index (κ1) is 18.4. The summed E-state index contributed by atoms with van der Waals surface area (Å²) in [4.78, 5) is 30.4. The Balaban J connectivity index is 1.98. The quantitative estimate of drug-likeness (QED) is 0.292. The molecule has 0 aliphatic heterocycles. The Morgan fingerprint density at radius 2 is 2.15 bits per heavy atom. The number of amides is 1. The third-order valence-electron chi connectivity index (χ3n) is 3.69. The normalized spacial score (nSPS) is 10.8. The SMILES string of the molecule is C=CCn1c(SCCNC(C)=O)nc2sc(-c3ccccc3)cc2c1=O. The summed E-state index contributed by atoms with van der Waals surface area (Å²) in [6.45, 7) is 6.16. The highest BCUT2D eigenvalue weighted by molar-refractivity contribution is 7.99. The fraction of sp³-hybridized carbons (Fsp3) is 0.211. The van der Waals surface area contributed by atoms with Crippen LogP contribution in [0.15, 0.2) is 59.0 Å². The van der Waals surface area contributed by atoms with E-state index in [1.165, 1.54) is 30.0 Å². The number of allylic oxidation sites excluding steroid dienone is 1. The molecule has 1 N–H and O–H groups in total. The standard InChI is InChI=1S/C19H19N3O2S2/c1-3-10-22-18(24)15-12-16(14-7-5-4-6-8-14)26-17(15)21-19(22)25-11-9-20-13(2)23/h3-8,12H,1,9-11H2,2H3,(H,20,23). The van der Waals surface area contributed by atoms with Crippen molar-refractivity contribution in [2.24, 2.45) is 0 Å². The molecule has 26 heavy (non-hydrogen) atoms. The molecule has 0 radical (unpaired) electrons. The predicted octanol–water partition coefficient (Wildman–Crippen LogP) is 3.54. The average molecular weight is 386 g/mol. The number of hydrogen-bond donors (Lipinski definition) is 1. The maximum Gasteiger partial charge on any atom is 0.263 e. The summed E-state index contributed by atoms with van der Waals surface area (Å²) in [7, 11) is 0. The first-order chi connectivity index (χ1) is 12.6. The molecule has 3 aromatic rings. The summed E-state index contributed by atoms with van der Waals surface area (Å²) in [6, 6.07) is 11.9. The van der Waals surface area contributed by atoms with E-state index in [9.17, 15) is 9.59 Å². The van der Waals surface area contributed by atoms with Crippen molar-refractivity contribution in [2.75, 3.05) is 12.3 Å². The summed E-state index contributed by atoms with van der Waals surface area (Å²) in [5.74, 6) is 0.578. The lowest BCUT2D eigenvalue weighted by molar-refractivity contribution is -0.118. The number of hydrogen-bond acceptors (Lipinski definition) is 5. The Labute approximate surface area is 159 Å². The highest BCUT2D eigenvalue weighted by Crippen LogP contribution is 2.32. The van der Waals surface area contributed by atoms with Gasteiger partial charge in [0.15, 0.2) is 5.16 Å². The van der Waals surface area contributed by atoms with E-state index in [-0.39, 0.29) is 11.5 Å². The monoisotopic (exact) mass is 385 g/mol. The second-order valence-electron chi connectivity index (χ2n) is 5.63. The Kier molecular flexibility index (Phi) is 5.90. The smallest absolute Gasteiger partial charge is 0.263 e. The Hall–Kier alpha value is -2.38. The second-order valence-corrected chi connectivity index (χ2v) is 7.72. The van der Waals surface area contributed by atoms with Crippen LogP contribution in [-0.4, -0.2) is 27.8 Å². The van der Waals surface area contributed by atoms with Gasteiger partial charge in [0.2, 0.25) is 5.91 Å². The molecule has 0 aliphatic carbocycles. The van der Waals surface area contributed by atoms with Crippen molar-refractivity contribution >= 4 is 39.2 Å². The summed E-state index contributed by atoms with van der Waals surface area (Å²) < 4.78 is 1.63. The van der Waals surface area contributed by atoms with Crippen LogP contribution in [0.5, 0.6) is 0 Å². The first-order valence-electron chi connectivity index (χ1n) is 8.18. The van der Waals surface area contributed by atoms with Gasteiger partial charge in [-0.1, -0.05) is 48.2 Å². The van der Waals surface area contributed by atoms with E-state index in [1.807, 2.05) is 36.4 Å². The van der Waals surface area contributed by atoms with Gasteiger partial charge in [-0.2, -0.15) is 0 Å². The minimum Gasteiger partial charge on any atom is -0.356 e. The van der Waals surface area contributed by atoms with Gasteiger partial charge in [-0.15, -0.1) is 17.9 Å². The molecular formula is C19H19N3O2S2. The topological polar surface area (TPSA) is 64.0 Å². The number of carbonyl (C=O) groups excluding carboxylic acids is 1. The number of nitrogens with zero attached hydrogens (tertiary/aromatic N) is 2. The molecular weight excluding hydrogens is 366 g/mol. The Morgan fingerprint density at radius 3 is 2.85 bits per heavy atom. The molecule has 134 valence electrons. The molecule has 1 amide bonds. The molecule has 2 aromatic heterocycles. The van der Waals surface area contributed by atoms with E-state index in [0.717, 1.165) is 15.3 Å². The summed E-state index contributed by atoms with van der Waals surface area (Å²) in [5, 5.41) is 4.03. The van der Waals surface area contributed by atoms with E-state index in [4.69, 9.17) is 4.98 Å². The van der Waals surface area contributed by atoms with E-state index in [0.29, 0.717) is 29.4 Å². The van der Waals surface area contributed by atoms with Crippen LogP contribution in [0.3, 0.4) is 0 Å². The van der Waals surface area contributed by atoms with Gasteiger partial charge in [0.1, 0.15) is 4.83 Å². The molecule has 1 aromatic carbocycles. The van der Waals surface area contributed by atoms with E-state index < -0.39 is 0 Å². The third kappa shape index (κ3) is 4.05. The number of thioether (sulfide) groups is 1. The minimum atomic E-state index is -0.0664. The van der Waals surface area contributed by atoms with Crippen LogP contribution >= 0.6 is 23.1 Å². The van der Waals surface area contributed by atoms with Crippen molar-refractivity contribution in [3.8, 4) is 10.4 Å². The van der Waals surface area contributed by atoms with Gasteiger partial charge in [0.25, 0.3) is 5.56 Å². The first-order valence-corrected chi connectivity index (χ1v) is 9.98. The third-order valence-corrected chi connectivity index (χ3v) is 5.75. The van der Waals surface area contributed by atoms with Crippen LogP contribution in [0.2, 0.25) is 0 Å². The lowest BCUT2D eigenvalue weighted by Gasteiger charge is -2.09. The largest absolute Gasteiger partial charge is 0.356 e. The van der Waals surface area contributed by atoms with Crippen molar-refractivity contribution < 1.29 is 4.79 Å². The fourth-order valence-corrected chi connectivity index (χ4v) is 4.45. The number of benzene rings is 1. The van der Waals surface area contributed by atoms with Crippen molar-refractivity contribution in [1.29, 1.82) is 0 Å². The molecule has 0 saturated heterocycles. The fourth-order valence-electron chi connectivity index (χ4n) is 2.51. The predicted molar refractivity (Wildman–Crippen MR) is 109 cm³/mol. The Morgan fingerprint density at radius 1 is 1.38 bits per heavy atom. The maximum absolute atomic E-state index is 12.9. The van der Waals surface area contributed by atoms with E-state index >= 15 is 0 Å². The van der Waals surface area contributed by atoms with Gasteiger partial charge in [-0.05, 0) is 11.6 Å². The number of nitrogens with one attached hydrogen (secondary N) is 1. The molecule has 0 bridgehead atoms.